The Morgan fingerprint density at radius 2 is 1.33 bits per heavy atom. The molecule has 0 heterocycles. The fourth-order valence-corrected chi connectivity index (χ4v) is 1.87. The van der Waals surface area contributed by atoms with Crippen LogP contribution in [0.1, 0.15) is 8.35 Å². The summed E-state index contributed by atoms with van der Waals surface area (Å²) in [7, 11) is 3.26. The molecule has 0 spiro atoms. The van der Waals surface area contributed by atoms with Crippen LogP contribution in [0, 0.1) is 0 Å². The summed E-state index contributed by atoms with van der Waals surface area (Å²) in [6.07, 6.45) is 0. The van der Waals surface area contributed by atoms with E-state index in [1.807, 2.05) is 6.92 Å². The standard InChI is InChI=1S/2C3H7O2.C2H5O.Al.Na.H/c2*1-5-3-2-4;1-2-3;;;/h2*2-3H2,1H3;2H2,1H3;;;/q3*-1;+3;+1;-1. The molecule has 5 nitrogen and oxygen atoms in total. The molecule has 0 unspecified atom stereocenters. The van der Waals surface area contributed by atoms with Crippen molar-refractivity contribution in [2.24, 2.45) is 0 Å². The van der Waals surface area contributed by atoms with Crippen LogP contribution in [0.4, 0.5) is 0 Å². The van der Waals surface area contributed by atoms with Crippen LogP contribution in [0.3, 0.4) is 0 Å². The predicted octanol–water partition coefficient (Wildman–Crippen LogP) is -2.55. The third-order valence-electron chi connectivity index (χ3n) is 1.39. The molecule has 0 atom stereocenters. The summed E-state index contributed by atoms with van der Waals surface area (Å²) in [5.74, 6) is 0. The van der Waals surface area contributed by atoms with Crippen molar-refractivity contribution in [2.45, 2.75) is 6.92 Å². The second kappa shape index (κ2) is 15.3. The third-order valence-corrected chi connectivity index (χ3v) is 3.01. The Bertz CT molecular complexity index is 115. The molecule has 0 aromatic heterocycles. The van der Waals surface area contributed by atoms with Crippen molar-refractivity contribution in [3.8, 4) is 0 Å². The van der Waals surface area contributed by atoms with Crippen molar-refractivity contribution in [3.63, 3.8) is 0 Å². The molecule has 0 N–H and O–H groups in total. The molecule has 0 saturated carbocycles. The molecule has 0 bridgehead atoms. The van der Waals surface area contributed by atoms with Gasteiger partial charge in [0.15, 0.2) is 0 Å². The smallest absolute Gasteiger partial charge is 1.00 e. The van der Waals surface area contributed by atoms with Gasteiger partial charge in [0.05, 0.1) is 13.2 Å². The second-order valence-electron chi connectivity index (χ2n) is 2.47. The number of rotatable bonds is 10. The molecule has 86 valence electrons. The zero-order chi connectivity index (χ0) is 10.6. The number of hydrogen-bond donors (Lipinski definition) is 0. The zero-order valence-corrected chi connectivity index (χ0v) is 13.3. The van der Waals surface area contributed by atoms with Gasteiger partial charge < -0.3 is 22.3 Å². The van der Waals surface area contributed by atoms with Gasteiger partial charge in [-0.15, -0.1) is 0 Å². The van der Waals surface area contributed by atoms with Gasteiger partial charge in [0, 0.05) is 34.0 Å². The number of hydrogen-bond acceptors (Lipinski definition) is 5. The van der Waals surface area contributed by atoms with E-state index in [1.165, 1.54) is 0 Å². The van der Waals surface area contributed by atoms with Gasteiger partial charge in [0.2, 0.25) is 0 Å². The third kappa shape index (κ3) is 13.3. The van der Waals surface area contributed by atoms with Gasteiger partial charge in [-0.2, -0.15) is 0 Å². The first kappa shape index (κ1) is 18.7. The summed E-state index contributed by atoms with van der Waals surface area (Å²) in [6.45, 7) is 4.67. The van der Waals surface area contributed by atoms with Crippen LogP contribution in [-0.2, 0) is 20.8 Å². The maximum absolute atomic E-state index is 5.38. The predicted molar refractivity (Wildman–Crippen MR) is 54.1 cm³/mol. The molecule has 0 aliphatic heterocycles. The molecule has 0 aliphatic rings. The Morgan fingerprint density at radius 1 is 0.867 bits per heavy atom. The summed E-state index contributed by atoms with van der Waals surface area (Å²) in [4.78, 5) is 0. The van der Waals surface area contributed by atoms with E-state index in [0.29, 0.717) is 33.0 Å². The van der Waals surface area contributed by atoms with Crippen LogP contribution < -0.4 is 29.6 Å². The van der Waals surface area contributed by atoms with E-state index in [0.717, 1.165) is 0 Å². The largest absolute Gasteiger partial charge is 1.00 e. The van der Waals surface area contributed by atoms with Gasteiger partial charge in [0.1, 0.15) is 0 Å². The second-order valence-corrected chi connectivity index (χ2v) is 4.05. The molecular weight excluding hydrogens is 226 g/mol. The Balaban J connectivity index is -0.000000845. The van der Waals surface area contributed by atoms with E-state index in [-0.39, 0.29) is 31.0 Å². The summed E-state index contributed by atoms with van der Waals surface area (Å²) in [5.41, 5.74) is 0. The van der Waals surface area contributed by atoms with E-state index in [4.69, 9.17) is 20.8 Å². The van der Waals surface area contributed by atoms with Crippen LogP contribution in [0.5, 0.6) is 0 Å². The van der Waals surface area contributed by atoms with Crippen molar-refractivity contribution in [2.75, 3.05) is 47.3 Å². The summed E-state index contributed by atoms with van der Waals surface area (Å²) < 4.78 is 25.8. The number of ether oxygens (including phenoxy) is 2. The average Bonchev–Trinajstić information content (AvgIpc) is 2.18. The number of methoxy groups -OCH3 is 2. The van der Waals surface area contributed by atoms with Gasteiger partial charge in [-0.1, -0.05) is 0 Å². The molecule has 7 heteroatoms. The molecular formula is C8H20AlNaO5. The van der Waals surface area contributed by atoms with Gasteiger partial charge in [0.25, 0.3) is 0 Å². The Kier molecular flexibility index (Phi) is 19.1. The molecule has 0 radical (unpaired) electrons. The first-order valence-electron chi connectivity index (χ1n) is 4.67. The minimum atomic E-state index is -1.96. The van der Waals surface area contributed by atoms with Crippen molar-refractivity contribution in [3.05, 3.63) is 0 Å². The van der Waals surface area contributed by atoms with Gasteiger partial charge in [-0.3, -0.25) is 0 Å². The van der Waals surface area contributed by atoms with E-state index in [9.17, 15) is 0 Å². The topological polar surface area (TPSA) is 46.2 Å². The molecule has 0 saturated heterocycles. The summed E-state index contributed by atoms with van der Waals surface area (Å²) >= 11 is -1.96. The molecule has 0 aliphatic carbocycles. The van der Waals surface area contributed by atoms with Crippen molar-refractivity contribution in [1.82, 2.24) is 0 Å². The van der Waals surface area contributed by atoms with Crippen molar-refractivity contribution >= 4 is 15.1 Å². The quantitative estimate of drug-likeness (QED) is 0.314. The van der Waals surface area contributed by atoms with E-state index < -0.39 is 15.1 Å². The van der Waals surface area contributed by atoms with Gasteiger partial charge in [-0.25, -0.2) is 0 Å². The molecule has 15 heavy (non-hydrogen) atoms. The molecule has 0 aromatic rings. The fourth-order valence-electron chi connectivity index (χ4n) is 0.736. The monoisotopic (exact) mass is 246 g/mol. The minimum absolute atomic E-state index is 0. The summed E-state index contributed by atoms with van der Waals surface area (Å²) in [5, 5.41) is 0. The van der Waals surface area contributed by atoms with Crippen molar-refractivity contribution in [1.29, 1.82) is 0 Å². The maximum atomic E-state index is 5.38. The summed E-state index contributed by atoms with van der Waals surface area (Å²) in [6, 6.07) is 0. The molecule has 0 aromatic carbocycles. The average molecular weight is 246 g/mol. The van der Waals surface area contributed by atoms with Crippen LogP contribution in [0.2, 0.25) is 0 Å². The first-order valence-corrected chi connectivity index (χ1v) is 6.09. The molecule has 0 rings (SSSR count). The molecule has 0 amide bonds. The molecule has 0 fully saturated rings. The fraction of sp³-hybridized carbons (Fsp3) is 1.00. The van der Waals surface area contributed by atoms with E-state index in [2.05, 4.69) is 0 Å². The van der Waals surface area contributed by atoms with Crippen LogP contribution in [-0.4, -0.2) is 62.4 Å². The maximum Gasteiger partial charge on any atom is 1.00 e. The van der Waals surface area contributed by atoms with Crippen LogP contribution >= 0.6 is 0 Å². The van der Waals surface area contributed by atoms with E-state index >= 15 is 0 Å². The minimum Gasteiger partial charge on any atom is -1.00 e. The van der Waals surface area contributed by atoms with Crippen LogP contribution in [0.25, 0.3) is 0 Å². The Labute approximate surface area is 121 Å². The van der Waals surface area contributed by atoms with E-state index in [1.54, 1.807) is 14.2 Å². The van der Waals surface area contributed by atoms with Crippen molar-refractivity contribution < 1.29 is 51.8 Å². The van der Waals surface area contributed by atoms with Gasteiger partial charge in [-0.05, 0) is 6.92 Å². The zero-order valence-electron chi connectivity index (χ0n) is 11.2. The normalized spacial score (nSPS) is 9.80. The SMILES string of the molecule is CC[O][Al]([O]CCOC)[O]CCOC.[H-].[Na+]. The first-order chi connectivity index (χ1) is 6.85. The Morgan fingerprint density at radius 3 is 1.67 bits per heavy atom. The van der Waals surface area contributed by atoms with Crippen LogP contribution in [0.15, 0.2) is 0 Å². The van der Waals surface area contributed by atoms with Gasteiger partial charge >= 0.3 is 44.7 Å². The Hall–Kier alpha value is 1.33.